The van der Waals surface area contributed by atoms with Gasteiger partial charge in [-0.15, -0.1) is 0 Å². The molecular formula is C18H17FN2O2. The van der Waals surface area contributed by atoms with Crippen molar-refractivity contribution in [3.05, 3.63) is 65.5 Å². The molecule has 23 heavy (non-hydrogen) atoms. The van der Waals surface area contributed by atoms with E-state index in [1.807, 2.05) is 30.3 Å². The fraction of sp³-hybridized carbons (Fsp3) is 0.222. The van der Waals surface area contributed by atoms with E-state index in [0.717, 1.165) is 11.3 Å². The number of carbonyl (C=O) groups is 1. The minimum atomic E-state index is -0.779. The number of nitrogens with one attached hydrogen (secondary N) is 1. The quantitative estimate of drug-likeness (QED) is 0.891. The van der Waals surface area contributed by atoms with Crippen LogP contribution in [0.25, 0.3) is 0 Å². The highest BCUT2D eigenvalue weighted by atomic mass is 19.1. The molecule has 4 nitrogen and oxygen atoms in total. The Labute approximate surface area is 134 Å². The van der Waals surface area contributed by atoms with Gasteiger partial charge in [0.1, 0.15) is 17.6 Å². The molecule has 0 fully saturated rings. The molecule has 0 aromatic heterocycles. The predicted octanol–water partition coefficient (Wildman–Crippen LogP) is 3.15. The molecule has 0 spiro atoms. The molecule has 0 aliphatic carbocycles. The van der Waals surface area contributed by atoms with Crippen molar-refractivity contribution >= 4 is 5.91 Å². The van der Waals surface area contributed by atoms with Crippen LogP contribution in [0.5, 0.6) is 5.75 Å². The molecular weight excluding hydrogens is 295 g/mol. The molecule has 0 heterocycles. The Balaban J connectivity index is 1.89. The molecule has 2 aromatic carbocycles. The third-order valence-corrected chi connectivity index (χ3v) is 3.44. The lowest BCUT2D eigenvalue weighted by Gasteiger charge is -2.12. The minimum absolute atomic E-state index is 0.225. The third-order valence-electron chi connectivity index (χ3n) is 3.44. The van der Waals surface area contributed by atoms with Gasteiger partial charge in [0.25, 0.3) is 0 Å². The Morgan fingerprint density at radius 3 is 2.43 bits per heavy atom. The van der Waals surface area contributed by atoms with Crippen LogP contribution in [0, 0.1) is 17.1 Å². The zero-order valence-electron chi connectivity index (χ0n) is 12.8. The van der Waals surface area contributed by atoms with Crippen LogP contribution in [-0.2, 0) is 11.2 Å². The summed E-state index contributed by atoms with van der Waals surface area (Å²) in [6, 6.07) is 14.2. The van der Waals surface area contributed by atoms with Crippen molar-refractivity contribution in [2.75, 3.05) is 7.11 Å². The topological polar surface area (TPSA) is 62.1 Å². The fourth-order valence-electron chi connectivity index (χ4n) is 2.13. The van der Waals surface area contributed by atoms with Crippen molar-refractivity contribution in [1.29, 1.82) is 5.26 Å². The molecule has 0 radical (unpaired) electrons. The molecule has 0 unspecified atom stereocenters. The summed E-state index contributed by atoms with van der Waals surface area (Å²) in [5.41, 5.74) is 1.57. The Kier molecular flexibility index (Phi) is 5.70. The van der Waals surface area contributed by atoms with E-state index in [0.29, 0.717) is 12.0 Å². The van der Waals surface area contributed by atoms with Gasteiger partial charge in [-0.25, -0.2) is 4.39 Å². The van der Waals surface area contributed by atoms with Crippen molar-refractivity contribution in [3.8, 4) is 11.8 Å². The van der Waals surface area contributed by atoms with Crippen molar-refractivity contribution in [2.24, 2.45) is 0 Å². The molecule has 118 valence electrons. The highest BCUT2D eigenvalue weighted by Crippen LogP contribution is 2.15. The molecule has 1 amide bonds. The standard InChI is InChI=1S/C18H17FN2O2/c1-23-16-9-2-13(3-10-16)4-11-18(22)21-17(12-20)14-5-7-15(19)8-6-14/h2-3,5-10,17H,4,11H2,1H3,(H,21,22)/t17-/m1/s1. The number of hydrogen-bond donors (Lipinski definition) is 1. The van der Waals surface area contributed by atoms with Crippen molar-refractivity contribution < 1.29 is 13.9 Å². The van der Waals surface area contributed by atoms with E-state index in [1.165, 1.54) is 24.3 Å². The van der Waals surface area contributed by atoms with Gasteiger partial charge < -0.3 is 10.1 Å². The smallest absolute Gasteiger partial charge is 0.221 e. The van der Waals surface area contributed by atoms with E-state index >= 15 is 0 Å². The first kappa shape index (κ1) is 16.5. The van der Waals surface area contributed by atoms with Crippen molar-refractivity contribution in [2.45, 2.75) is 18.9 Å². The fourth-order valence-corrected chi connectivity index (χ4v) is 2.13. The van der Waals surface area contributed by atoms with E-state index in [-0.39, 0.29) is 18.1 Å². The predicted molar refractivity (Wildman–Crippen MR) is 84.2 cm³/mol. The highest BCUT2D eigenvalue weighted by Gasteiger charge is 2.13. The largest absolute Gasteiger partial charge is 0.497 e. The second-order valence-electron chi connectivity index (χ2n) is 5.03. The average molecular weight is 312 g/mol. The Hall–Kier alpha value is -2.87. The molecule has 2 aromatic rings. The summed E-state index contributed by atoms with van der Waals surface area (Å²) in [7, 11) is 1.60. The van der Waals surface area contributed by atoms with Gasteiger partial charge in [0.15, 0.2) is 0 Å². The second-order valence-corrected chi connectivity index (χ2v) is 5.03. The number of nitrogens with zero attached hydrogens (tertiary/aromatic N) is 1. The van der Waals surface area contributed by atoms with Crippen LogP contribution < -0.4 is 10.1 Å². The number of aryl methyl sites for hydroxylation is 1. The van der Waals surface area contributed by atoms with Gasteiger partial charge in [0, 0.05) is 6.42 Å². The van der Waals surface area contributed by atoms with Crippen molar-refractivity contribution in [1.82, 2.24) is 5.32 Å². The number of ether oxygens (including phenoxy) is 1. The van der Waals surface area contributed by atoms with E-state index < -0.39 is 6.04 Å². The van der Waals surface area contributed by atoms with E-state index in [4.69, 9.17) is 10.00 Å². The highest BCUT2D eigenvalue weighted by molar-refractivity contribution is 5.77. The average Bonchev–Trinajstić information content (AvgIpc) is 2.59. The number of hydrogen-bond acceptors (Lipinski definition) is 3. The van der Waals surface area contributed by atoms with Crippen molar-refractivity contribution in [3.63, 3.8) is 0 Å². The molecule has 0 aliphatic rings. The number of rotatable bonds is 6. The molecule has 2 rings (SSSR count). The monoisotopic (exact) mass is 312 g/mol. The number of carbonyl (C=O) groups excluding carboxylic acids is 1. The number of halogens is 1. The molecule has 0 saturated heterocycles. The van der Waals surface area contributed by atoms with Gasteiger partial charge in [-0.3, -0.25) is 4.79 Å². The lowest BCUT2D eigenvalue weighted by atomic mass is 10.1. The summed E-state index contributed by atoms with van der Waals surface area (Å²) in [6.45, 7) is 0. The van der Waals surface area contributed by atoms with Crippen LogP contribution in [0.4, 0.5) is 4.39 Å². The SMILES string of the molecule is COc1ccc(CCC(=O)N[C@H](C#N)c2ccc(F)cc2)cc1. The number of amides is 1. The molecule has 0 bridgehead atoms. The van der Waals surface area contributed by atoms with Gasteiger partial charge in [-0.2, -0.15) is 5.26 Å². The van der Waals surface area contributed by atoms with E-state index in [9.17, 15) is 9.18 Å². The number of nitriles is 1. The Morgan fingerprint density at radius 1 is 1.22 bits per heavy atom. The van der Waals surface area contributed by atoms with Crippen LogP contribution >= 0.6 is 0 Å². The van der Waals surface area contributed by atoms with Crippen LogP contribution in [0.3, 0.4) is 0 Å². The summed E-state index contributed by atoms with van der Waals surface area (Å²) in [5, 5.41) is 11.8. The first-order chi connectivity index (χ1) is 11.1. The summed E-state index contributed by atoms with van der Waals surface area (Å²) in [6.07, 6.45) is 0.836. The zero-order valence-corrected chi connectivity index (χ0v) is 12.8. The molecule has 1 atom stereocenters. The van der Waals surface area contributed by atoms with Crippen LogP contribution in [0.15, 0.2) is 48.5 Å². The molecule has 1 N–H and O–H groups in total. The lowest BCUT2D eigenvalue weighted by Crippen LogP contribution is -2.27. The normalized spacial score (nSPS) is 11.3. The lowest BCUT2D eigenvalue weighted by molar-refractivity contribution is -0.121. The van der Waals surface area contributed by atoms with Crippen LogP contribution in [-0.4, -0.2) is 13.0 Å². The van der Waals surface area contributed by atoms with E-state index in [2.05, 4.69) is 5.32 Å². The summed E-state index contributed by atoms with van der Waals surface area (Å²) in [4.78, 5) is 12.0. The van der Waals surface area contributed by atoms with Gasteiger partial charge >= 0.3 is 0 Å². The third kappa shape index (κ3) is 4.82. The van der Waals surface area contributed by atoms with Crippen LogP contribution in [0.1, 0.15) is 23.6 Å². The van der Waals surface area contributed by atoms with E-state index in [1.54, 1.807) is 7.11 Å². The first-order valence-corrected chi connectivity index (χ1v) is 7.19. The second kappa shape index (κ2) is 7.95. The van der Waals surface area contributed by atoms with Crippen LogP contribution in [0.2, 0.25) is 0 Å². The molecule has 0 aliphatic heterocycles. The summed E-state index contributed by atoms with van der Waals surface area (Å²) < 4.78 is 18.0. The maximum atomic E-state index is 12.9. The minimum Gasteiger partial charge on any atom is -0.497 e. The van der Waals surface area contributed by atoms with Gasteiger partial charge in [0.2, 0.25) is 5.91 Å². The van der Waals surface area contributed by atoms with Gasteiger partial charge in [-0.05, 0) is 41.8 Å². The first-order valence-electron chi connectivity index (χ1n) is 7.19. The maximum absolute atomic E-state index is 12.9. The summed E-state index contributed by atoms with van der Waals surface area (Å²) >= 11 is 0. The number of benzene rings is 2. The zero-order chi connectivity index (χ0) is 16.7. The van der Waals surface area contributed by atoms with Gasteiger partial charge in [-0.1, -0.05) is 24.3 Å². The molecule has 0 saturated carbocycles. The summed E-state index contributed by atoms with van der Waals surface area (Å²) in [5.74, 6) is 0.159. The maximum Gasteiger partial charge on any atom is 0.221 e. The Bertz CT molecular complexity index is 690. The number of methoxy groups -OCH3 is 1. The van der Waals surface area contributed by atoms with Gasteiger partial charge in [0.05, 0.1) is 13.2 Å². The Morgan fingerprint density at radius 2 is 1.87 bits per heavy atom. The molecule has 5 heteroatoms.